The Labute approximate surface area is 208 Å². The number of hydrogen-bond acceptors (Lipinski definition) is 5. The van der Waals surface area contributed by atoms with Crippen LogP contribution in [0.3, 0.4) is 0 Å². The Balaban J connectivity index is 1.63. The Morgan fingerprint density at radius 2 is 1.14 bits per heavy atom. The Bertz CT molecular complexity index is 1320. The maximum absolute atomic E-state index is 13.8. The summed E-state index contributed by atoms with van der Waals surface area (Å²) in [5.74, 6) is -4.27. The van der Waals surface area contributed by atoms with Crippen molar-refractivity contribution in [3.8, 4) is 0 Å². The van der Waals surface area contributed by atoms with Crippen LogP contribution in [0.15, 0.2) is 95.1 Å². The third-order valence-electron chi connectivity index (χ3n) is 6.64. The zero-order chi connectivity index (χ0) is 25.4. The number of anilines is 2. The van der Waals surface area contributed by atoms with E-state index in [0.29, 0.717) is 28.4 Å². The molecule has 2 amide bonds. The lowest BCUT2D eigenvalue weighted by Crippen LogP contribution is -2.40. The van der Waals surface area contributed by atoms with E-state index in [0.717, 1.165) is 0 Å². The summed E-state index contributed by atoms with van der Waals surface area (Å²) in [5.41, 5.74) is 2.66. The lowest BCUT2D eigenvalue weighted by atomic mass is 9.71. The third-order valence-corrected chi connectivity index (χ3v) is 6.64. The van der Waals surface area contributed by atoms with Gasteiger partial charge in [0.2, 0.25) is 0 Å². The average molecular weight is 481 g/mol. The lowest BCUT2D eigenvalue weighted by Gasteiger charge is -2.29. The van der Waals surface area contributed by atoms with Gasteiger partial charge in [0.25, 0.3) is 11.8 Å². The second-order valence-electron chi connectivity index (χ2n) is 8.83. The highest BCUT2D eigenvalue weighted by Crippen LogP contribution is 2.43. The summed E-state index contributed by atoms with van der Waals surface area (Å²) in [6, 6.07) is 24.6. The number of rotatable bonds is 6. The largest absolute Gasteiger partial charge is 0.478 e. The number of carbonyl (C=O) groups excluding carboxylic acids is 2. The first kappa shape index (κ1) is 23.2. The van der Waals surface area contributed by atoms with Crippen LogP contribution in [0.4, 0.5) is 11.4 Å². The minimum Gasteiger partial charge on any atom is -0.478 e. The van der Waals surface area contributed by atoms with Gasteiger partial charge in [-0.15, -0.1) is 0 Å². The summed E-state index contributed by atoms with van der Waals surface area (Å²) in [6.07, 6.45) is 0. The predicted octanol–water partition coefficient (Wildman–Crippen LogP) is 4.55. The fourth-order valence-corrected chi connectivity index (χ4v) is 5.03. The van der Waals surface area contributed by atoms with Gasteiger partial charge >= 0.3 is 5.97 Å². The van der Waals surface area contributed by atoms with E-state index < -0.39 is 23.7 Å². The van der Waals surface area contributed by atoms with E-state index in [1.54, 1.807) is 56.3 Å². The van der Waals surface area contributed by atoms with Gasteiger partial charge in [0.05, 0.1) is 28.8 Å². The van der Waals surface area contributed by atoms with E-state index in [1.807, 2.05) is 36.4 Å². The Morgan fingerprint density at radius 1 is 0.722 bits per heavy atom. The van der Waals surface area contributed by atoms with Crippen LogP contribution in [0, 0.1) is 11.8 Å². The van der Waals surface area contributed by atoms with Crippen LogP contribution in [0.25, 0.3) is 0 Å². The topological polar surface area (TPSA) is 103 Å². The molecule has 36 heavy (non-hydrogen) atoms. The molecule has 8 nitrogen and oxygen atoms in total. The molecule has 0 radical (unpaired) electrons. The number of carboxylic acids is 1. The van der Waals surface area contributed by atoms with E-state index in [1.165, 1.54) is 16.1 Å². The van der Waals surface area contributed by atoms with Crippen molar-refractivity contribution in [2.45, 2.75) is 19.8 Å². The summed E-state index contributed by atoms with van der Waals surface area (Å²) in [6.45, 7) is 3.48. The molecule has 1 N–H and O–H groups in total. The summed E-state index contributed by atoms with van der Waals surface area (Å²) in [7, 11) is 0. The van der Waals surface area contributed by atoms with Gasteiger partial charge in [0, 0.05) is 17.3 Å². The van der Waals surface area contributed by atoms with E-state index in [-0.39, 0.29) is 17.4 Å². The molecule has 180 valence electrons. The normalized spacial score (nSPS) is 20.4. The van der Waals surface area contributed by atoms with E-state index in [4.69, 9.17) is 0 Å². The fourth-order valence-electron chi connectivity index (χ4n) is 5.03. The zero-order valence-corrected chi connectivity index (χ0v) is 19.8. The molecule has 0 saturated heterocycles. The third kappa shape index (κ3) is 3.86. The molecule has 0 saturated carbocycles. The summed E-state index contributed by atoms with van der Waals surface area (Å²) >= 11 is 0. The quantitative estimate of drug-likeness (QED) is 0.559. The second-order valence-corrected chi connectivity index (χ2v) is 8.83. The van der Waals surface area contributed by atoms with Crippen molar-refractivity contribution >= 4 is 40.6 Å². The molecule has 0 aliphatic carbocycles. The van der Waals surface area contributed by atoms with Crippen LogP contribution in [0.5, 0.6) is 0 Å². The molecule has 8 heteroatoms. The van der Waals surface area contributed by atoms with Gasteiger partial charge in [-0.2, -0.15) is 10.2 Å². The van der Waals surface area contributed by atoms with E-state index in [9.17, 15) is 19.5 Å². The highest BCUT2D eigenvalue weighted by atomic mass is 16.4. The highest BCUT2D eigenvalue weighted by Gasteiger charge is 2.50. The highest BCUT2D eigenvalue weighted by molar-refractivity contribution is 6.20. The van der Waals surface area contributed by atoms with Crippen LogP contribution in [-0.2, 0) is 9.59 Å². The first-order chi connectivity index (χ1) is 17.4. The Kier molecular flexibility index (Phi) is 5.93. The average Bonchev–Trinajstić information content (AvgIpc) is 3.36. The minimum atomic E-state index is -1.13. The summed E-state index contributed by atoms with van der Waals surface area (Å²) in [5, 5.41) is 21.7. The SMILES string of the molecule is CC1=NN(c2ccccc2)C(=O)C1C(c1ccccc1C(=O)O)C1C(=O)N(c2ccccc2)N=C1C. The fraction of sp³-hybridized carbons (Fsp3) is 0.179. The number of carbonyl (C=O) groups is 3. The van der Waals surface area contributed by atoms with E-state index >= 15 is 0 Å². The molecule has 5 rings (SSSR count). The first-order valence-corrected chi connectivity index (χ1v) is 11.6. The molecule has 3 aromatic rings. The number of benzene rings is 3. The van der Waals surface area contributed by atoms with Crippen molar-refractivity contribution in [2.75, 3.05) is 10.0 Å². The molecule has 2 aliphatic heterocycles. The zero-order valence-electron chi connectivity index (χ0n) is 19.8. The maximum atomic E-state index is 13.8. The van der Waals surface area contributed by atoms with Crippen LogP contribution >= 0.6 is 0 Å². The molecular weight excluding hydrogens is 456 g/mol. The number of nitrogens with zero attached hydrogens (tertiary/aromatic N) is 4. The van der Waals surface area contributed by atoms with Gasteiger partial charge in [-0.1, -0.05) is 54.6 Å². The monoisotopic (exact) mass is 480 g/mol. The van der Waals surface area contributed by atoms with Gasteiger partial charge in [-0.05, 0) is 49.7 Å². The first-order valence-electron chi connectivity index (χ1n) is 11.6. The van der Waals surface area contributed by atoms with Crippen molar-refractivity contribution in [1.29, 1.82) is 0 Å². The van der Waals surface area contributed by atoms with Gasteiger partial charge < -0.3 is 5.11 Å². The summed E-state index contributed by atoms with van der Waals surface area (Å²) < 4.78 is 0. The predicted molar refractivity (Wildman–Crippen MR) is 137 cm³/mol. The van der Waals surface area contributed by atoms with Gasteiger partial charge in [0.15, 0.2) is 0 Å². The smallest absolute Gasteiger partial charge is 0.335 e. The molecule has 2 unspecified atom stereocenters. The number of hydrazone groups is 2. The van der Waals surface area contributed by atoms with Crippen LogP contribution in [0.1, 0.15) is 35.7 Å². The molecule has 2 atom stereocenters. The van der Waals surface area contributed by atoms with Gasteiger partial charge in [-0.25, -0.2) is 14.8 Å². The van der Waals surface area contributed by atoms with E-state index in [2.05, 4.69) is 10.2 Å². The number of hydrogen-bond donors (Lipinski definition) is 1. The maximum Gasteiger partial charge on any atom is 0.335 e. The molecule has 0 aromatic heterocycles. The van der Waals surface area contributed by atoms with Crippen molar-refractivity contribution < 1.29 is 19.5 Å². The molecular formula is C28H24N4O4. The molecule has 3 aromatic carbocycles. The van der Waals surface area contributed by atoms with Crippen molar-refractivity contribution in [2.24, 2.45) is 22.0 Å². The number of para-hydroxylation sites is 2. The molecule has 2 aliphatic rings. The van der Waals surface area contributed by atoms with Crippen LogP contribution in [0.2, 0.25) is 0 Å². The number of aromatic carboxylic acids is 1. The van der Waals surface area contributed by atoms with Crippen molar-refractivity contribution in [3.63, 3.8) is 0 Å². The minimum absolute atomic E-state index is 0.0417. The van der Waals surface area contributed by atoms with Crippen molar-refractivity contribution in [1.82, 2.24) is 0 Å². The standard InChI is InChI=1S/C28H24N4O4/c1-17-23(26(33)31(29-17)19-11-5-3-6-12-19)25(21-15-9-10-16-22(21)28(35)36)24-18(2)30-32(27(24)34)20-13-7-4-8-14-20/h3-16,23-25H,1-2H3,(H,35,36). The molecule has 0 bridgehead atoms. The Hall–Kier alpha value is -4.59. The number of carboxylic acid groups (broad SMARTS) is 1. The molecule has 2 heterocycles. The van der Waals surface area contributed by atoms with Crippen molar-refractivity contribution in [3.05, 3.63) is 96.1 Å². The second kappa shape index (κ2) is 9.22. The van der Waals surface area contributed by atoms with Gasteiger partial charge in [0.1, 0.15) is 0 Å². The van der Waals surface area contributed by atoms with Crippen LogP contribution in [-0.4, -0.2) is 34.3 Å². The number of amides is 2. The van der Waals surface area contributed by atoms with Crippen LogP contribution < -0.4 is 10.0 Å². The van der Waals surface area contributed by atoms with Gasteiger partial charge in [-0.3, -0.25) is 9.59 Å². The molecule has 0 fully saturated rings. The molecule has 0 spiro atoms. The lowest BCUT2D eigenvalue weighted by molar-refractivity contribution is -0.122. The summed E-state index contributed by atoms with van der Waals surface area (Å²) in [4.78, 5) is 39.9. The Morgan fingerprint density at radius 3 is 1.58 bits per heavy atom.